The molecule has 0 amide bonds. The molecule has 0 saturated heterocycles. The molecule has 0 aromatic heterocycles. The first-order valence-corrected chi connectivity index (χ1v) is 5.32. The summed E-state index contributed by atoms with van der Waals surface area (Å²) in [5.74, 6) is -1.11. The number of hydrogen-bond donors (Lipinski definition) is 0. The van der Waals surface area contributed by atoms with Crippen molar-refractivity contribution in [3.8, 4) is 5.75 Å². The van der Waals surface area contributed by atoms with Crippen molar-refractivity contribution in [3.05, 3.63) is 34.1 Å². The molecule has 1 aromatic rings. The quantitative estimate of drug-likeness (QED) is 0.612. The molecule has 0 aliphatic rings. The number of halogens is 1. The topological polar surface area (TPSA) is 69.4 Å². The van der Waals surface area contributed by atoms with Crippen molar-refractivity contribution in [2.45, 2.75) is 20.8 Å². The first kappa shape index (κ1) is 14.1. The zero-order valence-electron chi connectivity index (χ0n) is 10.4. The van der Waals surface area contributed by atoms with Crippen molar-refractivity contribution in [2.75, 3.05) is 6.61 Å². The van der Waals surface area contributed by atoms with Crippen LogP contribution in [0.2, 0.25) is 0 Å². The minimum atomic E-state index is -0.684. The van der Waals surface area contributed by atoms with Gasteiger partial charge >= 0.3 is 5.69 Å². The summed E-state index contributed by atoms with van der Waals surface area (Å²) >= 11 is 0. The summed E-state index contributed by atoms with van der Waals surface area (Å²) in [6.45, 7) is 4.80. The van der Waals surface area contributed by atoms with E-state index in [-0.39, 0.29) is 23.8 Å². The maximum absolute atomic E-state index is 13.0. The van der Waals surface area contributed by atoms with E-state index in [1.165, 1.54) is 0 Å². The number of ether oxygens (including phenoxy) is 1. The molecule has 5 nitrogen and oxygen atoms in total. The second-order valence-electron chi connectivity index (χ2n) is 4.83. The molecule has 98 valence electrons. The third-order valence-corrected chi connectivity index (χ3v) is 2.31. The van der Waals surface area contributed by atoms with Crippen LogP contribution in [0.5, 0.6) is 5.75 Å². The Balaban J connectivity index is 2.87. The summed E-state index contributed by atoms with van der Waals surface area (Å²) in [6.07, 6.45) is 0. The van der Waals surface area contributed by atoms with Crippen molar-refractivity contribution < 1.29 is 18.8 Å². The second kappa shape index (κ2) is 5.12. The zero-order valence-corrected chi connectivity index (χ0v) is 10.4. The van der Waals surface area contributed by atoms with Crippen molar-refractivity contribution in [1.82, 2.24) is 0 Å². The highest BCUT2D eigenvalue weighted by molar-refractivity contribution is 5.85. The molecule has 0 aliphatic carbocycles. The Kier molecular flexibility index (Phi) is 4.00. The van der Waals surface area contributed by atoms with Gasteiger partial charge in [0.25, 0.3) is 0 Å². The molecule has 0 N–H and O–H groups in total. The Morgan fingerprint density at radius 1 is 1.44 bits per heavy atom. The third kappa shape index (κ3) is 3.51. The first-order chi connectivity index (χ1) is 8.21. The van der Waals surface area contributed by atoms with Crippen LogP contribution in [0, 0.1) is 21.3 Å². The van der Waals surface area contributed by atoms with Gasteiger partial charge in [-0.3, -0.25) is 14.9 Å². The first-order valence-electron chi connectivity index (χ1n) is 5.32. The fourth-order valence-corrected chi connectivity index (χ4v) is 1.11. The largest absolute Gasteiger partial charge is 0.479 e. The third-order valence-electron chi connectivity index (χ3n) is 2.31. The number of nitro groups is 1. The minimum Gasteiger partial charge on any atom is -0.479 e. The Bertz CT molecular complexity index is 479. The predicted octanol–water partition coefficient (Wildman–Crippen LogP) is 2.73. The molecule has 0 atom stereocenters. The Morgan fingerprint density at radius 3 is 2.56 bits per heavy atom. The summed E-state index contributed by atoms with van der Waals surface area (Å²) in [5.41, 5.74) is -0.972. The van der Waals surface area contributed by atoms with Gasteiger partial charge < -0.3 is 4.74 Å². The minimum absolute atomic E-state index is 0.221. The predicted molar refractivity (Wildman–Crippen MR) is 63.0 cm³/mol. The number of carbonyl (C=O) groups excluding carboxylic acids is 1. The smallest absolute Gasteiger partial charge is 0.311 e. The number of Topliss-reactive ketones (excluding diaryl/α,β-unsaturated/α-hetero) is 1. The molecule has 0 saturated carbocycles. The highest BCUT2D eigenvalue weighted by Gasteiger charge is 2.23. The molecular formula is C12H14FNO4. The van der Waals surface area contributed by atoms with Crippen molar-refractivity contribution >= 4 is 11.5 Å². The summed E-state index contributed by atoms with van der Waals surface area (Å²) in [4.78, 5) is 21.6. The van der Waals surface area contributed by atoms with E-state index >= 15 is 0 Å². The number of hydrogen-bond acceptors (Lipinski definition) is 4. The van der Waals surface area contributed by atoms with Crippen LogP contribution in [-0.4, -0.2) is 17.3 Å². The van der Waals surface area contributed by atoms with Gasteiger partial charge in [0.05, 0.1) is 4.92 Å². The van der Waals surface area contributed by atoms with Crippen LogP contribution in [0.15, 0.2) is 18.2 Å². The lowest BCUT2D eigenvalue weighted by Crippen LogP contribution is -2.26. The van der Waals surface area contributed by atoms with Crippen LogP contribution in [-0.2, 0) is 4.79 Å². The molecule has 0 radical (unpaired) electrons. The Hall–Kier alpha value is -1.98. The van der Waals surface area contributed by atoms with Crippen LogP contribution in [0.4, 0.5) is 10.1 Å². The Labute approximate surface area is 104 Å². The van der Waals surface area contributed by atoms with Crippen molar-refractivity contribution in [3.63, 3.8) is 0 Å². The molecule has 1 aromatic carbocycles. The van der Waals surface area contributed by atoms with Gasteiger partial charge in [0.1, 0.15) is 12.4 Å². The number of rotatable bonds is 4. The van der Waals surface area contributed by atoms with E-state index in [4.69, 9.17) is 4.74 Å². The zero-order chi connectivity index (χ0) is 13.9. The van der Waals surface area contributed by atoms with Crippen LogP contribution >= 0.6 is 0 Å². The summed E-state index contributed by atoms with van der Waals surface area (Å²) < 4.78 is 18.0. The average molecular weight is 255 g/mol. The molecule has 6 heteroatoms. The fraction of sp³-hybridized carbons (Fsp3) is 0.417. The van der Waals surface area contributed by atoms with Crippen LogP contribution in [0.25, 0.3) is 0 Å². The van der Waals surface area contributed by atoms with E-state index in [1.807, 2.05) is 0 Å². The fourth-order valence-electron chi connectivity index (χ4n) is 1.11. The van der Waals surface area contributed by atoms with Gasteiger partial charge in [-0.05, 0) is 6.07 Å². The lowest BCUT2D eigenvalue weighted by atomic mass is 9.91. The lowest BCUT2D eigenvalue weighted by molar-refractivity contribution is -0.385. The normalized spacial score (nSPS) is 11.1. The summed E-state index contributed by atoms with van der Waals surface area (Å²) in [6, 6.07) is 2.87. The van der Waals surface area contributed by atoms with Gasteiger partial charge in [-0.15, -0.1) is 0 Å². The molecule has 0 bridgehead atoms. The SMILES string of the molecule is CC(C)(C)C(=O)COc1cc(F)ccc1[N+](=O)[O-]. The number of ketones is 1. The lowest BCUT2D eigenvalue weighted by Gasteiger charge is -2.16. The molecule has 0 aliphatic heterocycles. The van der Waals surface area contributed by atoms with Gasteiger partial charge in [-0.2, -0.15) is 0 Å². The van der Waals surface area contributed by atoms with Gasteiger partial charge in [0.2, 0.25) is 0 Å². The molecule has 0 heterocycles. The molecule has 18 heavy (non-hydrogen) atoms. The van der Waals surface area contributed by atoms with Crippen LogP contribution in [0.3, 0.4) is 0 Å². The van der Waals surface area contributed by atoms with E-state index in [0.717, 1.165) is 18.2 Å². The van der Waals surface area contributed by atoms with E-state index in [9.17, 15) is 19.3 Å². The van der Waals surface area contributed by atoms with Gasteiger partial charge in [0, 0.05) is 17.5 Å². The molecule has 0 fully saturated rings. The van der Waals surface area contributed by atoms with E-state index in [2.05, 4.69) is 0 Å². The van der Waals surface area contributed by atoms with E-state index in [0.29, 0.717) is 0 Å². The number of nitro benzene ring substituents is 1. The molecular weight excluding hydrogens is 241 g/mol. The maximum Gasteiger partial charge on any atom is 0.311 e. The average Bonchev–Trinajstić information content (AvgIpc) is 2.24. The second-order valence-corrected chi connectivity index (χ2v) is 4.83. The highest BCUT2D eigenvalue weighted by Crippen LogP contribution is 2.28. The van der Waals surface area contributed by atoms with Gasteiger partial charge in [-0.25, -0.2) is 4.39 Å². The number of benzene rings is 1. The monoisotopic (exact) mass is 255 g/mol. The van der Waals surface area contributed by atoms with Gasteiger partial charge in [-0.1, -0.05) is 20.8 Å². The highest BCUT2D eigenvalue weighted by atomic mass is 19.1. The maximum atomic E-state index is 13.0. The molecule has 0 unspecified atom stereocenters. The molecule has 0 spiro atoms. The number of nitrogens with zero attached hydrogens (tertiary/aromatic N) is 1. The van der Waals surface area contributed by atoms with Crippen molar-refractivity contribution in [2.24, 2.45) is 5.41 Å². The number of carbonyl (C=O) groups is 1. The standard InChI is InChI=1S/C12H14FNO4/c1-12(2,3)11(15)7-18-10-6-8(13)4-5-9(10)14(16)17/h4-6H,7H2,1-3H3. The van der Waals surface area contributed by atoms with Crippen molar-refractivity contribution in [1.29, 1.82) is 0 Å². The molecule has 1 rings (SSSR count). The summed E-state index contributed by atoms with van der Waals surface area (Å²) in [7, 11) is 0. The van der Waals surface area contributed by atoms with Crippen LogP contribution < -0.4 is 4.74 Å². The van der Waals surface area contributed by atoms with Crippen LogP contribution in [0.1, 0.15) is 20.8 Å². The van der Waals surface area contributed by atoms with Gasteiger partial charge in [0.15, 0.2) is 11.5 Å². The van der Waals surface area contributed by atoms with E-state index < -0.39 is 16.2 Å². The Morgan fingerprint density at radius 2 is 2.06 bits per heavy atom. The summed E-state index contributed by atoms with van der Waals surface area (Å²) in [5, 5.41) is 10.7. The van der Waals surface area contributed by atoms with E-state index in [1.54, 1.807) is 20.8 Å².